The van der Waals surface area contributed by atoms with Crippen LogP contribution in [0.1, 0.15) is 51.8 Å². The minimum absolute atomic E-state index is 0.00790. The first-order valence-electron chi connectivity index (χ1n) is 11.4. The fraction of sp³-hybridized carbons (Fsp3) is 0.481. The third kappa shape index (κ3) is 8.37. The summed E-state index contributed by atoms with van der Waals surface area (Å²) in [5, 5.41) is 0. The summed E-state index contributed by atoms with van der Waals surface area (Å²) in [6.45, 7) is 13.9. The maximum absolute atomic E-state index is 13.4. The molecule has 2 rings (SSSR count). The number of aromatic nitrogens is 1. The van der Waals surface area contributed by atoms with Crippen LogP contribution in [-0.4, -0.2) is 39.3 Å². The minimum Gasteiger partial charge on any atom is -0.353 e. The average molecular weight is 438 g/mol. The first-order valence-corrected chi connectivity index (χ1v) is 11.4. The summed E-state index contributed by atoms with van der Waals surface area (Å²) >= 11 is 0. The van der Waals surface area contributed by atoms with Gasteiger partial charge >= 0.3 is 0 Å². The van der Waals surface area contributed by atoms with Crippen LogP contribution >= 0.6 is 0 Å². The van der Waals surface area contributed by atoms with Gasteiger partial charge in [-0.3, -0.25) is 9.59 Å². The number of aryl methyl sites for hydroxylation is 1. The normalized spacial score (nSPS) is 12.3. The van der Waals surface area contributed by atoms with Crippen molar-refractivity contribution < 1.29 is 9.59 Å². The molecule has 0 bridgehead atoms. The second kappa shape index (κ2) is 11.7. The highest BCUT2D eigenvalue weighted by molar-refractivity contribution is 5.85. The Morgan fingerprint density at radius 1 is 1.03 bits per heavy atom. The van der Waals surface area contributed by atoms with Crippen molar-refractivity contribution in [1.82, 2.24) is 14.4 Å². The van der Waals surface area contributed by atoms with Crippen molar-refractivity contribution in [3.8, 4) is 0 Å². The third-order valence-corrected chi connectivity index (χ3v) is 5.49. The Bertz CT molecular complexity index is 880. The second-order valence-corrected chi connectivity index (χ2v) is 9.98. The van der Waals surface area contributed by atoms with Gasteiger partial charge in [-0.1, -0.05) is 64.1 Å². The maximum atomic E-state index is 13.4. The number of nitrogens with zero attached hydrogens (tertiary/aromatic N) is 3. The lowest BCUT2D eigenvalue weighted by atomic mass is 9.84. The van der Waals surface area contributed by atoms with Gasteiger partial charge in [0, 0.05) is 38.4 Å². The van der Waals surface area contributed by atoms with E-state index in [0.717, 1.165) is 17.7 Å². The molecule has 1 aromatic carbocycles. The number of benzene rings is 1. The van der Waals surface area contributed by atoms with E-state index in [-0.39, 0.29) is 29.7 Å². The Kier molecular flexibility index (Phi) is 9.30. The predicted octanol–water partition coefficient (Wildman–Crippen LogP) is 5.03. The molecule has 5 nitrogen and oxygen atoms in total. The van der Waals surface area contributed by atoms with Gasteiger partial charge in [0.05, 0.1) is 6.54 Å². The Hall–Kier alpha value is -2.82. The van der Waals surface area contributed by atoms with E-state index in [1.54, 1.807) is 11.0 Å². The molecule has 0 spiro atoms. The summed E-state index contributed by atoms with van der Waals surface area (Å²) in [7, 11) is 1.98. The monoisotopic (exact) mass is 437 g/mol. The van der Waals surface area contributed by atoms with E-state index in [0.29, 0.717) is 26.1 Å². The first-order chi connectivity index (χ1) is 15.1. The number of hydrogen-bond acceptors (Lipinski definition) is 2. The van der Waals surface area contributed by atoms with E-state index < -0.39 is 0 Å². The Labute approximate surface area is 193 Å². The predicted molar refractivity (Wildman–Crippen MR) is 131 cm³/mol. The SMILES string of the molecule is C=CCN(CC(=O)N(Cc1ccccc1)Cc1cccn1C)C(=O)CC(C)CC(C)(C)C. The van der Waals surface area contributed by atoms with Crippen LogP contribution in [0.15, 0.2) is 61.3 Å². The summed E-state index contributed by atoms with van der Waals surface area (Å²) in [4.78, 5) is 29.9. The van der Waals surface area contributed by atoms with Crippen LogP contribution < -0.4 is 0 Å². The first kappa shape index (κ1) is 25.4. The summed E-state index contributed by atoms with van der Waals surface area (Å²) < 4.78 is 2.02. The van der Waals surface area contributed by atoms with Crippen LogP contribution in [0.25, 0.3) is 0 Å². The van der Waals surface area contributed by atoms with Crippen LogP contribution in [-0.2, 0) is 29.7 Å². The average Bonchev–Trinajstić information content (AvgIpc) is 3.10. The molecule has 0 aliphatic rings. The van der Waals surface area contributed by atoms with Crippen LogP contribution in [0.5, 0.6) is 0 Å². The topological polar surface area (TPSA) is 45.6 Å². The van der Waals surface area contributed by atoms with Crippen LogP contribution in [0, 0.1) is 11.3 Å². The van der Waals surface area contributed by atoms with Crippen molar-refractivity contribution in [2.24, 2.45) is 18.4 Å². The summed E-state index contributed by atoms with van der Waals surface area (Å²) in [6, 6.07) is 14.0. The molecule has 0 radical (unpaired) electrons. The van der Waals surface area contributed by atoms with Crippen LogP contribution in [0.3, 0.4) is 0 Å². The second-order valence-electron chi connectivity index (χ2n) is 9.98. The smallest absolute Gasteiger partial charge is 0.242 e. The molecule has 1 heterocycles. The van der Waals surface area contributed by atoms with Crippen molar-refractivity contribution in [2.45, 2.75) is 53.6 Å². The van der Waals surface area contributed by atoms with E-state index in [1.165, 1.54) is 0 Å². The highest BCUT2D eigenvalue weighted by Gasteiger charge is 2.24. The fourth-order valence-electron chi connectivity index (χ4n) is 4.11. The van der Waals surface area contributed by atoms with Gasteiger partial charge in [0.2, 0.25) is 11.8 Å². The number of hydrogen-bond donors (Lipinski definition) is 0. The van der Waals surface area contributed by atoms with E-state index in [1.807, 2.05) is 65.2 Å². The molecule has 2 amide bonds. The van der Waals surface area contributed by atoms with E-state index >= 15 is 0 Å². The molecular weight excluding hydrogens is 398 g/mol. The molecule has 0 saturated carbocycles. The highest BCUT2D eigenvalue weighted by atomic mass is 16.2. The van der Waals surface area contributed by atoms with Crippen LogP contribution in [0.2, 0.25) is 0 Å². The largest absolute Gasteiger partial charge is 0.353 e. The van der Waals surface area contributed by atoms with E-state index in [9.17, 15) is 9.59 Å². The van der Waals surface area contributed by atoms with Gasteiger partial charge in [-0.15, -0.1) is 6.58 Å². The number of rotatable bonds is 11. The van der Waals surface area contributed by atoms with Crippen LogP contribution in [0.4, 0.5) is 0 Å². The van der Waals surface area contributed by atoms with Gasteiger partial charge in [0.15, 0.2) is 0 Å². The Balaban J connectivity index is 2.13. The number of amides is 2. The summed E-state index contributed by atoms with van der Waals surface area (Å²) in [5.41, 5.74) is 2.28. The fourth-order valence-corrected chi connectivity index (χ4v) is 4.11. The molecule has 1 aromatic heterocycles. The zero-order valence-corrected chi connectivity index (χ0v) is 20.4. The minimum atomic E-state index is -0.0614. The molecule has 174 valence electrons. The number of carbonyl (C=O) groups excluding carboxylic acids is 2. The van der Waals surface area contributed by atoms with Gasteiger partial charge in [-0.25, -0.2) is 0 Å². The molecule has 2 aromatic rings. The molecule has 0 aliphatic heterocycles. The van der Waals surface area contributed by atoms with Gasteiger partial charge in [0.1, 0.15) is 6.54 Å². The zero-order valence-electron chi connectivity index (χ0n) is 20.4. The van der Waals surface area contributed by atoms with Gasteiger partial charge in [-0.05, 0) is 35.4 Å². The zero-order chi connectivity index (χ0) is 23.7. The molecule has 5 heteroatoms. The highest BCUT2D eigenvalue weighted by Crippen LogP contribution is 2.26. The van der Waals surface area contributed by atoms with E-state index in [2.05, 4.69) is 34.3 Å². The lowest BCUT2D eigenvalue weighted by Crippen LogP contribution is -2.43. The maximum Gasteiger partial charge on any atom is 0.242 e. The standard InChI is InChI=1S/C27H39N3O2/c1-7-15-29(25(31)17-22(2)18-27(3,4)5)21-26(32)30(19-23-12-9-8-10-13-23)20-24-14-11-16-28(24)6/h7-14,16,22H,1,15,17-21H2,2-6H3. The number of carbonyl (C=O) groups is 2. The lowest BCUT2D eigenvalue weighted by Gasteiger charge is -2.29. The van der Waals surface area contributed by atoms with Crippen molar-refractivity contribution >= 4 is 11.8 Å². The Morgan fingerprint density at radius 2 is 1.72 bits per heavy atom. The summed E-state index contributed by atoms with van der Waals surface area (Å²) in [5.74, 6) is 0.205. The molecule has 0 fully saturated rings. The molecule has 1 unspecified atom stereocenters. The quantitative estimate of drug-likeness (QED) is 0.463. The molecular formula is C27H39N3O2. The third-order valence-electron chi connectivity index (χ3n) is 5.49. The molecule has 1 atom stereocenters. The van der Waals surface area contributed by atoms with E-state index in [4.69, 9.17) is 0 Å². The molecule has 0 N–H and O–H groups in total. The van der Waals surface area contributed by atoms with Gasteiger partial charge < -0.3 is 14.4 Å². The molecule has 0 saturated heterocycles. The van der Waals surface area contributed by atoms with Crippen molar-refractivity contribution in [3.63, 3.8) is 0 Å². The molecule has 0 aliphatic carbocycles. The van der Waals surface area contributed by atoms with Gasteiger partial charge in [-0.2, -0.15) is 0 Å². The summed E-state index contributed by atoms with van der Waals surface area (Å²) in [6.07, 6.45) is 5.07. The Morgan fingerprint density at radius 3 is 2.28 bits per heavy atom. The van der Waals surface area contributed by atoms with Crippen molar-refractivity contribution in [1.29, 1.82) is 0 Å². The van der Waals surface area contributed by atoms with Gasteiger partial charge in [0.25, 0.3) is 0 Å². The molecule has 32 heavy (non-hydrogen) atoms. The van der Waals surface area contributed by atoms with Crippen molar-refractivity contribution in [2.75, 3.05) is 13.1 Å². The van der Waals surface area contributed by atoms with Crippen molar-refractivity contribution in [3.05, 3.63) is 72.6 Å². The lowest BCUT2D eigenvalue weighted by molar-refractivity contribution is -0.141.